The lowest BCUT2D eigenvalue weighted by Gasteiger charge is -2.33. The highest BCUT2D eigenvalue weighted by Gasteiger charge is 2.36. The van der Waals surface area contributed by atoms with Crippen molar-refractivity contribution in [1.82, 2.24) is 15.1 Å². The van der Waals surface area contributed by atoms with E-state index in [1.54, 1.807) is 9.80 Å². The Labute approximate surface area is 110 Å². The number of amides is 1. The molecule has 2 saturated heterocycles. The van der Waals surface area contributed by atoms with Crippen molar-refractivity contribution in [3.05, 3.63) is 0 Å². The van der Waals surface area contributed by atoms with Gasteiger partial charge in [-0.2, -0.15) is 13.2 Å². The van der Waals surface area contributed by atoms with Gasteiger partial charge in [0.2, 0.25) is 5.91 Å². The van der Waals surface area contributed by atoms with Gasteiger partial charge in [-0.1, -0.05) is 0 Å². The average molecular weight is 279 g/mol. The number of halogens is 3. The summed E-state index contributed by atoms with van der Waals surface area (Å²) in [4.78, 5) is 15.8. The number of hydrogen-bond acceptors (Lipinski definition) is 3. The molecule has 2 aliphatic rings. The maximum atomic E-state index is 12.3. The van der Waals surface area contributed by atoms with Crippen molar-refractivity contribution in [3.8, 4) is 0 Å². The number of nitrogens with zero attached hydrogens (tertiary/aromatic N) is 2. The van der Waals surface area contributed by atoms with Gasteiger partial charge in [-0.15, -0.1) is 0 Å². The summed E-state index contributed by atoms with van der Waals surface area (Å²) in [6, 6.07) is -0.347. The molecule has 0 aromatic rings. The lowest BCUT2D eigenvalue weighted by Crippen LogP contribution is -2.52. The lowest BCUT2D eigenvalue weighted by molar-refractivity contribution is -0.145. The zero-order chi connectivity index (χ0) is 13.9. The highest BCUT2D eigenvalue weighted by atomic mass is 19.4. The second-order valence-corrected chi connectivity index (χ2v) is 5.13. The molecule has 0 saturated carbocycles. The second-order valence-electron chi connectivity index (χ2n) is 5.13. The minimum Gasteiger partial charge on any atom is -0.339 e. The number of likely N-dealkylation sites (tertiary alicyclic amines) is 1. The number of alkyl halides is 3. The highest BCUT2D eigenvalue weighted by molar-refractivity contribution is 5.82. The Bertz CT molecular complexity index is 316. The number of nitrogens with one attached hydrogen (secondary N) is 1. The average Bonchev–Trinajstić information content (AvgIpc) is 2.84. The molecule has 1 unspecified atom stereocenters. The van der Waals surface area contributed by atoms with Crippen LogP contribution >= 0.6 is 0 Å². The van der Waals surface area contributed by atoms with Crippen LogP contribution in [0.5, 0.6) is 0 Å². The van der Waals surface area contributed by atoms with E-state index < -0.39 is 12.6 Å². The summed E-state index contributed by atoms with van der Waals surface area (Å²) in [5.74, 6) is 0.00109. The molecule has 110 valence electrons. The van der Waals surface area contributed by atoms with E-state index in [2.05, 4.69) is 5.32 Å². The van der Waals surface area contributed by atoms with E-state index in [1.165, 1.54) is 0 Å². The van der Waals surface area contributed by atoms with Crippen molar-refractivity contribution >= 4 is 5.91 Å². The van der Waals surface area contributed by atoms with Gasteiger partial charge in [0, 0.05) is 32.7 Å². The Morgan fingerprint density at radius 1 is 1.21 bits per heavy atom. The fraction of sp³-hybridized carbons (Fsp3) is 0.917. The Morgan fingerprint density at radius 3 is 2.53 bits per heavy atom. The smallest absolute Gasteiger partial charge is 0.339 e. The van der Waals surface area contributed by atoms with E-state index in [9.17, 15) is 18.0 Å². The number of piperazine rings is 1. The maximum absolute atomic E-state index is 12.3. The van der Waals surface area contributed by atoms with Crippen LogP contribution in [0.3, 0.4) is 0 Å². The van der Waals surface area contributed by atoms with E-state index in [0.717, 1.165) is 19.5 Å². The molecule has 2 aliphatic heterocycles. The van der Waals surface area contributed by atoms with Gasteiger partial charge in [0.1, 0.15) is 0 Å². The summed E-state index contributed by atoms with van der Waals surface area (Å²) in [7, 11) is 0. The van der Waals surface area contributed by atoms with Crippen molar-refractivity contribution in [2.75, 3.05) is 39.3 Å². The molecule has 1 N–H and O–H groups in total. The molecule has 0 aromatic heterocycles. The molecule has 0 aromatic carbocycles. The highest BCUT2D eigenvalue weighted by Crippen LogP contribution is 2.24. The number of carbonyl (C=O) groups is 1. The van der Waals surface area contributed by atoms with Crippen LogP contribution in [0.2, 0.25) is 0 Å². The Hall–Kier alpha value is -0.820. The maximum Gasteiger partial charge on any atom is 0.390 e. The molecule has 19 heavy (non-hydrogen) atoms. The molecule has 1 atom stereocenters. The predicted molar refractivity (Wildman–Crippen MR) is 64.7 cm³/mol. The first-order valence-corrected chi connectivity index (χ1v) is 6.78. The van der Waals surface area contributed by atoms with Gasteiger partial charge in [0.05, 0.1) is 12.5 Å². The number of carbonyl (C=O) groups excluding carboxylic acids is 1. The van der Waals surface area contributed by atoms with Crippen molar-refractivity contribution in [2.45, 2.75) is 31.5 Å². The van der Waals surface area contributed by atoms with E-state index in [1.807, 2.05) is 0 Å². The minimum atomic E-state index is -4.15. The van der Waals surface area contributed by atoms with E-state index in [-0.39, 0.29) is 18.5 Å². The third-order valence-electron chi connectivity index (χ3n) is 3.76. The minimum absolute atomic E-state index is 0.00109. The second kappa shape index (κ2) is 6.09. The molecule has 7 heteroatoms. The van der Waals surface area contributed by atoms with Crippen LogP contribution < -0.4 is 5.32 Å². The standard InChI is InChI=1S/C12H20F3N3O/c13-12(14,15)3-7-17-6-1-2-10(17)11(19)18-8-4-16-5-9-18/h10,16H,1-9H2. The molecule has 2 heterocycles. The van der Waals surface area contributed by atoms with Gasteiger partial charge in [-0.25, -0.2) is 0 Å². The molecule has 4 nitrogen and oxygen atoms in total. The van der Waals surface area contributed by atoms with Gasteiger partial charge in [-0.3, -0.25) is 9.69 Å². The molecular weight excluding hydrogens is 259 g/mol. The molecular formula is C12H20F3N3O. The summed E-state index contributed by atoms with van der Waals surface area (Å²) in [5, 5.41) is 3.16. The summed E-state index contributed by atoms with van der Waals surface area (Å²) < 4.78 is 36.8. The normalized spacial score (nSPS) is 25.8. The number of rotatable bonds is 3. The summed E-state index contributed by atoms with van der Waals surface area (Å²) in [5.41, 5.74) is 0. The molecule has 0 bridgehead atoms. The predicted octanol–water partition coefficient (Wildman–Crippen LogP) is 0.835. The summed E-state index contributed by atoms with van der Waals surface area (Å²) >= 11 is 0. The SMILES string of the molecule is O=C(C1CCCN1CCC(F)(F)F)N1CCNCC1. The van der Waals surface area contributed by atoms with E-state index in [4.69, 9.17) is 0 Å². The molecule has 0 spiro atoms. The van der Waals surface area contributed by atoms with Crippen LogP contribution in [0.4, 0.5) is 13.2 Å². The first kappa shape index (κ1) is 14.6. The fourth-order valence-electron chi connectivity index (χ4n) is 2.74. The fourth-order valence-corrected chi connectivity index (χ4v) is 2.74. The third-order valence-corrected chi connectivity index (χ3v) is 3.76. The van der Waals surface area contributed by atoms with Gasteiger partial charge in [-0.05, 0) is 19.4 Å². The molecule has 0 aliphatic carbocycles. The summed E-state index contributed by atoms with van der Waals surface area (Å²) in [6.45, 7) is 3.37. The quantitative estimate of drug-likeness (QED) is 0.831. The molecule has 0 radical (unpaired) electrons. The largest absolute Gasteiger partial charge is 0.390 e. The van der Waals surface area contributed by atoms with Crippen molar-refractivity contribution in [2.24, 2.45) is 0 Å². The monoisotopic (exact) mass is 279 g/mol. The summed E-state index contributed by atoms with van der Waals surface area (Å²) in [6.07, 6.45) is -3.50. The van der Waals surface area contributed by atoms with Crippen LogP contribution in [0.15, 0.2) is 0 Å². The van der Waals surface area contributed by atoms with Crippen LogP contribution in [-0.2, 0) is 4.79 Å². The van der Waals surface area contributed by atoms with E-state index in [0.29, 0.717) is 26.1 Å². The van der Waals surface area contributed by atoms with Gasteiger partial charge in [0.15, 0.2) is 0 Å². The Kier molecular flexibility index (Phi) is 4.67. The van der Waals surface area contributed by atoms with Gasteiger partial charge in [0.25, 0.3) is 0 Å². The van der Waals surface area contributed by atoms with Crippen LogP contribution in [0.25, 0.3) is 0 Å². The molecule has 1 amide bonds. The Morgan fingerprint density at radius 2 is 1.89 bits per heavy atom. The van der Waals surface area contributed by atoms with E-state index >= 15 is 0 Å². The van der Waals surface area contributed by atoms with Gasteiger partial charge < -0.3 is 10.2 Å². The molecule has 2 rings (SSSR count). The topological polar surface area (TPSA) is 35.6 Å². The Balaban J connectivity index is 1.88. The van der Waals surface area contributed by atoms with Gasteiger partial charge >= 0.3 is 6.18 Å². The van der Waals surface area contributed by atoms with Crippen molar-refractivity contribution in [3.63, 3.8) is 0 Å². The van der Waals surface area contributed by atoms with Crippen molar-refractivity contribution < 1.29 is 18.0 Å². The van der Waals surface area contributed by atoms with Crippen LogP contribution in [0, 0.1) is 0 Å². The zero-order valence-corrected chi connectivity index (χ0v) is 10.9. The lowest BCUT2D eigenvalue weighted by atomic mass is 10.1. The van der Waals surface area contributed by atoms with Crippen LogP contribution in [0.1, 0.15) is 19.3 Å². The first-order chi connectivity index (χ1) is 8.97. The van der Waals surface area contributed by atoms with Crippen molar-refractivity contribution in [1.29, 1.82) is 0 Å². The zero-order valence-electron chi connectivity index (χ0n) is 10.9. The molecule has 2 fully saturated rings. The third kappa shape index (κ3) is 4.07. The number of hydrogen-bond donors (Lipinski definition) is 1. The van der Waals surface area contributed by atoms with Crippen LogP contribution in [-0.4, -0.2) is 67.2 Å². The first-order valence-electron chi connectivity index (χ1n) is 6.78.